The molecule has 168 valence electrons. The van der Waals surface area contributed by atoms with Gasteiger partial charge in [-0.15, -0.1) is 0 Å². The van der Waals surface area contributed by atoms with Crippen LogP contribution in [0.2, 0.25) is 0 Å². The highest BCUT2D eigenvalue weighted by Gasteiger charge is 2.26. The summed E-state index contributed by atoms with van der Waals surface area (Å²) in [5.74, 6) is -0.364. The fraction of sp³-hybridized carbons (Fsp3) is 0.385. The van der Waals surface area contributed by atoms with E-state index < -0.39 is 0 Å². The third kappa shape index (κ3) is 4.55. The molecule has 0 bridgehead atoms. The van der Waals surface area contributed by atoms with E-state index in [9.17, 15) is 9.59 Å². The Morgan fingerprint density at radius 3 is 2.69 bits per heavy atom. The lowest BCUT2D eigenvalue weighted by atomic mass is 10.1. The van der Waals surface area contributed by atoms with Gasteiger partial charge in [0.1, 0.15) is 6.54 Å². The second-order valence-electron chi connectivity index (χ2n) is 8.75. The molecule has 1 aliphatic heterocycles. The molecule has 1 atom stereocenters. The highest BCUT2D eigenvalue weighted by Crippen LogP contribution is 2.24. The van der Waals surface area contributed by atoms with Crippen LogP contribution in [0.3, 0.4) is 0 Å². The quantitative estimate of drug-likeness (QED) is 0.594. The minimum Gasteiger partial charge on any atom is -0.376 e. The molecule has 6 nitrogen and oxygen atoms in total. The van der Waals surface area contributed by atoms with Gasteiger partial charge in [0.15, 0.2) is 0 Å². The maximum atomic E-state index is 13.5. The molecule has 32 heavy (non-hydrogen) atoms. The fourth-order valence-corrected chi connectivity index (χ4v) is 4.28. The lowest BCUT2D eigenvalue weighted by Crippen LogP contribution is -2.42. The summed E-state index contributed by atoms with van der Waals surface area (Å²) < 4.78 is 5.77. The molecule has 1 saturated heterocycles. The van der Waals surface area contributed by atoms with Crippen LogP contribution in [-0.4, -0.2) is 47.5 Å². The molecule has 1 aliphatic rings. The number of hydrogen-bond donors (Lipinski definition) is 2. The number of aromatic nitrogens is 1. The van der Waals surface area contributed by atoms with Gasteiger partial charge in [0, 0.05) is 41.0 Å². The van der Waals surface area contributed by atoms with E-state index in [1.807, 2.05) is 64.1 Å². The number of rotatable bonds is 6. The Hall–Kier alpha value is -3.12. The molecule has 0 radical (unpaired) electrons. The number of nitrogens with zero attached hydrogens (tertiary/aromatic N) is 1. The third-order valence-electron chi connectivity index (χ3n) is 6.50. The average molecular weight is 434 g/mol. The summed E-state index contributed by atoms with van der Waals surface area (Å²) >= 11 is 0. The Kier molecular flexibility index (Phi) is 6.33. The van der Waals surface area contributed by atoms with Crippen LogP contribution in [0.4, 0.5) is 5.69 Å². The number of aromatic amines is 1. The number of nitrogens with one attached hydrogen (secondary N) is 2. The Morgan fingerprint density at radius 1 is 1.12 bits per heavy atom. The van der Waals surface area contributed by atoms with Gasteiger partial charge in [-0.2, -0.15) is 0 Å². The van der Waals surface area contributed by atoms with Gasteiger partial charge in [-0.25, -0.2) is 0 Å². The summed E-state index contributed by atoms with van der Waals surface area (Å²) in [6.45, 7) is 9.16. The Balaban J connectivity index is 1.56. The first kappa shape index (κ1) is 22.1. The van der Waals surface area contributed by atoms with Gasteiger partial charge in [0.05, 0.1) is 6.10 Å². The standard InChI is InChI=1S/C26H31N3O3/c1-16-7-5-9-23(17(16)2)28-25(30)15-29(14-21-8-6-12-32-21)26(31)20-10-11-24-22(13-20)18(3)19(4)27-24/h5,7,9-11,13,21,27H,6,8,12,14-15H2,1-4H3,(H,28,30). The van der Waals surface area contributed by atoms with Crippen LogP contribution in [0.25, 0.3) is 10.9 Å². The van der Waals surface area contributed by atoms with Crippen molar-refractivity contribution in [3.63, 3.8) is 0 Å². The summed E-state index contributed by atoms with van der Waals surface area (Å²) in [4.78, 5) is 31.4. The zero-order valence-corrected chi connectivity index (χ0v) is 19.2. The Labute approximate surface area is 188 Å². The smallest absolute Gasteiger partial charge is 0.254 e. The molecule has 0 aliphatic carbocycles. The topological polar surface area (TPSA) is 74.4 Å². The SMILES string of the molecule is Cc1cccc(NC(=O)CN(CC2CCCO2)C(=O)c2ccc3[nH]c(C)c(C)c3c2)c1C. The lowest BCUT2D eigenvalue weighted by Gasteiger charge is -2.25. The molecule has 4 rings (SSSR count). The predicted molar refractivity (Wildman–Crippen MR) is 127 cm³/mol. The van der Waals surface area contributed by atoms with E-state index in [0.29, 0.717) is 18.7 Å². The maximum absolute atomic E-state index is 13.5. The molecule has 2 amide bonds. The van der Waals surface area contributed by atoms with Crippen molar-refractivity contribution in [3.8, 4) is 0 Å². The first-order valence-electron chi connectivity index (χ1n) is 11.2. The molecule has 2 heterocycles. The third-order valence-corrected chi connectivity index (χ3v) is 6.50. The average Bonchev–Trinajstić information content (AvgIpc) is 3.38. The van der Waals surface area contributed by atoms with Crippen molar-refractivity contribution in [1.82, 2.24) is 9.88 Å². The Bertz CT molecular complexity index is 1160. The molecular weight excluding hydrogens is 402 g/mol. The summed E-state index contributed by atoms with van der Waals surface area (Å²) in [6.07, 6.45) is 1.85. The van der Waals surface area contributed by atoms with Crippen LogP contribution in [-0.2, 0) is 9.53 Å². The van der Waals surface area contributed by atoms with E-state index in [1.165, 1.54) is 0 Å². The number of fused-ring (bicyclic) bond motifs is 1. The number of anilines is 1. The molecule has 0 spiro atoms. The van der Waals surface area contributed by atoms with Gasteiger partial charge < -0.3 is 19.9 Å². The molecule has 1 aromatic heterocycles. The van der Waals surface area contributed by atoms with Crippen molar-refractivity contribution >= 4 is 28.4 Å². The van der Waals surface area contributed by atoms with Crippen LogP contribution in [0.5, 0.6) is 0 Å². The Morgan fingerprint density at radius 2 is 1.94 bits per heavy atom. The summed E-state index contributed by atoms with van der Waals surface area (Å²) in [6, 6.07) is 11.5. The second-order valence-corrected chi connectivity index (χ2v) is 8.75. The van der Waals surface area contributed by atoms with Crippen LogP contribution >= 0.6 is 0 Å². The van der Waals surface area contributed by atoms with Crippen LogP contribution < -0.4 is 5.32 Å². The van der Waals surface area contributed by atoms with Crippen molar-refractivity contribution in [1.29, 1.82) is 0 Å². The van der Waals surface area contributed by atoms with Crippen molar-refractivity contribution in [2.45, 2.75) is 46.6 Å². The van der Waals surface area contributed by atoms with Crippen LogP contribution in [0.15, 0.2) is 36.4 Å². The number of hydrogen-bond acceptors (Lipinski definition) is 3. The second kappa shape index (κ2) is 9.17. The number of H-pyrrole nitrogens is 1. The summed E-state index contributed by atoms with van der Waals surface area (Å²) in [7, 11) is 0. The van der Waals surface area contributed by atoms with Gasteiger partial charge in [-0.1, -0.05) is 12.1 Å². The number of aryl methyl sites for hydroxylation is 3. The zero-order valence-electron chi connectivity index (χ0n) is 19.2. The summed E-state index contributed by atoms with van der Waals surface area (Å²) in [5, 5.41) is 4.01. The van der Waals surface area contributed by atoms with Crippen molar-refractivity contribution < 1.29 is 14.3 Å². The molecule has 6 heteroatoms. The molecule has 2 N–H and O–H groups in total. The largest absolute Gasteiger partial charge is 0.376 e. The van der Waals surface area contributed by atoms with Gasteiger partial charge >= 0.3 is 0 Å². The lowest BCUT2D eigenvalue weighted by molar-refractivity contribution is -0.117. The fourth-order valence-electron chi connectivity index (χ4n) is 4.28. The number of ether oxygens (including phenoxy) is 1. The van der Waals surface area contributed by atoms with Gasteiger partial charge in [-0.05, 0) is 81.5 Å². The van der Waals surface area contributed by atoms with Crippen molar-refractivity contribution in [2.24, 2.45) is 0 Å². The highest BCUT2D eigenvalue weighted by atomic mass is 16.5. The molecule has 2 aromatic carbocycles. The van der Waals surface area contributed by atoms with E-state index in [2.05, 4.69) is 10.3 Å². The normalized spacial score (nSPS) is 15.8. The van der Waals surface area contributed by atoms with Gasteiger partial charge in [-0.3, -0.25) is 9.59 Å². The maximum Gasteiger partial charge on any atom is 0.254 e. The first-order valence-corrected chi connectivity index (χ1v) is 11.2. The van der Waals surface area contributed by atoms with E-state index in [-0.39, 0.29) is 24.5 Å². The minimum atomic E-state index is -0.209. The molecule has 1 unspecified atom stereocenters. The number of carbonyl (C=O) groups is 2. The van der Waals surface area contributed by atoms with Crippen molar-refractivity contribution in [2.75, 3.05) is 25.0 Å². The summed E-state index contributed by atoms with van der Waals surface area (Å²) in [5.41, 5.74) is 6.73. The molecule has 0 saturated carbocycles. The predicted octanol–water partition coefficient (Wildman–Crippen LogP) is 4.66. The van der Waals surface area contributed by atoms with E-state index in [0.717, 1.165) is 51.8 Å². The number of amides is 2. The van der Waals surface area contributed by atoms with Gasteiger partial charge in [0.25, 0.3) is 5.91 Å². The zero-order chi connectivity index (χ0) is 22.8. The first-order chi connectivity index (χ1) is 15.3. The van der Waals surface area contributed by atoms with Crippen LogP contribution in [0, 0.1) is 27.7 Å². The van der Waals surface area contributed by atoms with E-state index in [4.69, 9.17) is 4.74 Å². The van der Waals surface area contributed by atoms with E-state index in [1.54, 1.807) is 4.90 Å². The van der Waals surface area contributed by atoms with Gasteiger partial charge in [0.2, 0.25) is 5.91 Å². The number of carbonyl (C=O) groups excluding carboxylic acids is 2. The van der Waals surface area contributed by atoms with E-state index >= 15 is 0 Å². The minimum absolute atomic E-state index is 0.0186. The molecule has 3 aromatic rings. The highest BCUT2D eigenvalue weighted by molar-refractivity contribution is 6.02. The molecule has 1 fully saturated rings. The molecular formula is C26H31N3O3. The van der Waals surface area contributed by atoms with Crippen LogP contribution in [0.1, 0.15) is 45.6 Å². The monoisotopic (exact) mass is 433 g/mol. The van der Waals surface area contributed by atoms with Crippen molar-refractivity contribution in [3.05, 3.63) is 64.3 Å². The number of benzene rings is 2.